The van der Waals surface area contributed by atoms with Crippen molar-refractivity contribution in [3.05, 3.63) is 37.1 Å². The Morgan fingerprint density at radius 3 is 1.86 bits per heavy atom. The first-order valence-electron chi connectivity index (χ1n) is 1.88. The molecule has 0 saturated heterocycles. The summed E-state index contributed by atoms with van der Waals surface area (Å²) in [7, 11) is 0. The molecule has 0 atom stereocenters. The summed E-state index contributed by atoms with van der Waals surface area (Å²) >= 11 is 0. The van der Waals surface area contributed by atoms with Crippen molar-refractivity contribution in [2.75, 3.05) is 0 Å². The van der Waals surface area contributed by atoms with E-state index in [1.165, 1.54) is 6.08 Å². The molecule has 7 heavy (non-hydrogen) atoms. The van der Waals surface area contributed by atoms with E-state index in [9.17, 15) is 0 Å². The highest BCUT2D eigenvalue weighted by Gasteiger charge is 1.84. The van der Waals surface area contributed by atoms with Crippen LogP contribution in [0.3, 0.4) is 0 Å². The third-order valence-electron chi connectivity index (χ3n) is 0.617. The van der Waals surface area contributed by atoms with Gasteiger partial charge in [-0.3, -0.25) is 0 Å². The highest BCUT2D eigenvalue weighted by Crippen LogP contribution is 1.98. The summed E-state index contributed by atoms with van der Waals surface area (Å²) in [5, 5.41) is 8.46. The Morgan fingerprint density at radius 2 is 1.86 bits per heavy atom. The van der Waals surface area contributed by atoms with Crippen LogP contribution in [0.4, 0.5) is 0 Å². The van der Waals surface area contributed by atoms with Gasteiger partial charge in [0.15, 0.2) is 0 Å². The number of allylic oxidation sites excluding steroid dienone is 1. The van der Waals surface area contributed by atoms with E-state index in [-0.39, 0.29) is 5.76 Å². The molecule has 0 aliphatic heterocycles. The lowest BCUT2D eigenvalue weighted by atomic mass is 10.3. The second-order valence-electron chi connectivity index (χ2n) is 1.18. The van der Waals surface area contributed by atoms with Crippen molar-refractivity contribution >= 4 is 0 Å². The summed E-state index contributed by atoms with van der Waals surface area (Å²) < 4.78 is 0. The Hall–Kier alpha value is -0.980. The molecule has 1 N–H and O–H groups in total. The minimum atomic E-state index is -0.0185. The van der Waals surface area contributed by atoms with Gasteiger partial charge in [-0.05, 0) is 0 Å². The Kier molecular flexibility index (Phi) is 1.93. The van der Waals surface area contributed by atoms with Gasteiger partial charge in [0.2, 0.25) is 0 Å². The smallest absolute Gasteiger partial charge is 0.115 e. The van der Waals surface area contributed by atoms with E-state index in [4.69, 9.17) is 5.11 Å². The number of hydrogen-bond donors (Lipinski definition) is 1. The van der Waals surface area contributed by atoms with Crippen molar-refractivity contribution in [1.29, 1.82) is 0 Å². The second kappa shape index (κ2) is 2.24. The lowest BCUT2D eigenvalue weighted by molar-refractivity contribution is 0.430. The number of aliphatic hydroxyl groups excluding tert-OH is 1. The topological polar surface area (TPSA) is 20.2 Å². The molecule has 0 aliphatic carbocycles. The average molecular weight is 96.1 g/mol. The van der Waals surface area contributed by atoms with E-state index in [1.807, 2.05) is 0 Å². The van der Waals surface area contributed by atoms with Crippen LogP contribution < -0.4 is 0 Å². The van der Waals surface area contributed by atoms with Crippen molar-refractivity contribution in [2.24, 2.45) is 0 Å². The van der Waals surface area contributed by atoms with Crippen LogP contribution in [0.15, 0.2) is 37.1 Å². The molecule has 0 heterocycles. The van der Waals surface area contributed by atoms with E-state index in [2.05, 4.69) is 19.7 Å². The molecule has 0 spiro atoms. The van der Waals surface area contributed by atoms with E-state index < -0.39 is 0 Å². The van der Waals surface area contributed by atoms with Gasteiger partial charge >= 0.3 is 0 Å². The Labute approximate surface area is 43.3 Å². The molecule has 0 aliphatic rings. The highest BCUT2D eigenvalue weighted by atomic mass is 16.3. The van der Waals surface area contributed by atoms with Crippen LogP contribution in [0, 0.1) is 0 Å². The van der Waals surface area contributed by atoms with Crippen molar-refractivity contribution in [1.82, 2.24) is 0 Å². The Balaban J connectivity index is 3.81. The third-order valence-corrected chi connectivity index (χ3v) is 0.617. The SMILES string of the molecule is C=CC(=C)C(=C)O. The zero-order valence-corrected chi connectivity index (χ0v) is 4.15. The largest absolute Gasteiger partial charge is 0.508 e. The predicted molar refractivity (Wildman–Crippen MR) is 31.1 cm³/mol. The van der Waals surface area contributed by atoms with Gasteiger partial charge < -0.3 is 5.11 Å². The van der Waals surface area contributed by atoms with Crippen LogP contribution in [-0.2, 0) is 0 Å². The molecule has 0 aromatic heterocycles. The summed E-state index contributed by atoms with van der Waals surface area (Å²) in [6, 6.07) is 0. The number of hydrogen-bond acceptors (Lipinski definition) is 1. The van der Waals surface area contributed by atoms with Crippen LogP contribution in [0.2, 0.25) is 0 Å². The van der Waals surface area contributed by atoms with E-state index in [0.29, 0.717) is 5.57 Å². The van der Waals surface area contributed by atoms with Gasteiger partial charge in [0.25, 0.3) is 0 Å². The number of rotatable bonds is 2. The first-order valence-corrected chi connectivity index (χ1v) is 1.88. The standard InChI is InChI=1S/C6H8O/c1-4-5(2)6(3)7/h4,7H,1-3H2. The fourth-order valence-corrected chi connectivity index (χ4v) is 0.118. The summed E-state index contributed by atoms with van der Waals surface area (Å²) in [5.41, 5.74) is 0.472. The van der Waals surface area contributed by atoms with E-state index in [0.717, 1.165) is 0 Å². The fourth-order valence-electron chi connectivity index (χ4n) is 0.118. The zero-order chi connectivity index (χ0) is 5.86. The van der Waals surface area contributed by atoms with Crippen LogP contribution in [0.5, 0.6) is 0 Å². The number of aliphatic hydroxyl groups is 1. The molecule has 0 aromatic carbocycles. The van der Waals surface area contributed by atoms with Gasteiger partial charge in [0.1, 0.15) is 5.76 Å². The normalized spacial score (nSPS) is 7.43. The van der Waals surface area contributed by atoms with E-state index in [1.54, 1.807) is 0 Å². The molecule has 0 radical (unpaired) electrons. The van der Waals surface area contributed by atoms with Crippen molar-refractivity contribution in [2.45, 2.75) is 0 Å². The van der Waals surface area contributed by atoms with Gasteiger partial charge in [0.05, 0.1) is 0 Å². The monoisotopic (exact) mass is 96.1 g/mol. The summed E-state index contributed by atoms with van der Waals surface area (Å²) in [6.45, 7) is 9.98. The zero-order valence-electron chi connectivity index (χ0n) is 4.15. The molecule has 38 valence electrons. The lowest BCUT2D eigenvalue weighted by Crippen LogP contribution is -1.75. The van der Waals surface area contributed by atoms with E-state index >= 15 is 0 Å². The third kappa shape index (κ3) is 1.82. The molecule has 0 amide bonds. The van der Waals surface area contributed by atoms with Crippen LogP contribution in [-0.4, -0.2) is 5.11 Å². The quantitative estimate of drug-likeness (QED) is 0.410. The molecule has 1 nitrogen and oxygen atoms in total. The molecular weight excluding hydrogens is 88.1 g/mol. The molecule has 0 unspecified atom stereocenters. The molecule has 0 fully saturated rings. The molecule has 1 heteroatoms. The molecule has 0 rings (SSSR count). The van der Waals surface area contributed by atoms with Crippen LogP contribution in [0.25, 0.3) is 0 Å². The molecule has 0 bridgehead atoms. The first-order chi connectivity index (χ1) is 3.18. The lowest BCUT2D eigenvalue weighted by Gasteiger charge is -1.89. The van der Waals surface area contributed by atoms with Crippen LogP contribution in [0.1, 0.15) is 0 Å². The van der Waals surface area contributed by atoms with Gasteiger partial charge in [-0.25, -0.2) is 0 Å². The van der Waals surface area contributed by atoms with Crippen molar-refractivity contribution in [3.8, 4) is 0 Å². The fraction of sp³-hybridized carbons (Fsp3) is 0. The van der Waals surface area contributed by atoms with Gasteiger partial charge in [0, 0.05) is 5.57 Å². The second-order valence-corrected chi connectivity index (χ2v) is 1.18. The molecular formula is C6H8O. The maximum atomic E-state index is 8.46. The van der Waals surface area contributed by atoms with Crippen LogP contribution >= 0.6 is 0 Å². The molecule has 0 aromatic rings. The summed E-state index contributed by atoms with van der Waals surface area (Å²) in [5.74, 6) is -0.0185. The minimum absolute atomic E-state index is 0.0185. The van der Waals surface area contributed by atoms with Crippen molar-refractivity contribution in [3.63, 3.8) is 0 Å². The predicted octanol–water partition coefficient (Wildman–Crippen LogP) is 1.80. The summed E-state index contributed by atoms with van der Waals surface area (Å²) in [6.07, 6.45) is 1.45. The van der Waals surface area contributed by atoms with Crippen molar-refractivity contribution < 1.29 is 5.11 Å². The average Bonchev–Trinajstić information content (AvgIpc) is 1.65. The van der Waals surface area contributed by atoms with Gasteiger partial charge in [-0.2, -0.15) is 0 Å². The summed E-state index contributed by atoms with van der Waals surface area (Å²) in [4.78, 5) is 0. The van der Waals surface area contributed by atoms with Gasteiger partial charge in [-0.1, -0.05) is 25.8 Å². The Morgan fingerprint density at radius 1 is 1.43 bits per heavy atom. The van der Waals surface area contributed by atoms with Gasteiger partial charge in [-0.15, -0.1) is 0 Å². The Bertz CT molecular complexity index is 111. The maximum absolute atomic E-state index is 8.46. The first kappa shape index (κ1) is 6.02. The highest BCUT2D eigenvalue weighted by molar-refractivity contribution is 5.28. The minimum Gasteiger partial charge on any atom is -0.508 e. The maximum Gasteiger partial charge on any atom is 0.115 e. The molecule has 0 saturated carbocycles.